The molecule has 1 aromatic rings. The molecule has 1 aliphatic rings. The monoisotopic (exact) mass is 208 g/mol. The second kappa shape index (κ2) is 4.93. The van der Waals surface area contributed by atoms with Crippen LogP contribution in [0, 0.1) is 0 Å². The van der Waals surface area contributed by atoms with Crippen molar-refractivity contribution < 1.29 is 4.79 Å². The van der Waals surface area contributed by atoms with E-state index in [1.54, 1.807) is 0 Å². The molecule has 1 saturated carbocycles. The lowest BCUT2D eigenvalue weighted by molar-refractivity contribution is 0.0949. The quantitative estimate of drug-likeness (QED) is 0.588. The van der Waals surface area contributed by atoms with Crippen LogP contribution in [0.2, 0.25) is 0 Å². The topological polar surface area (TPSA) is 69.8 Å². The zero-order valence-electron chi connectivity index (χ0n) is 8.62. The lowest BCUT2D eigenvalue weighted by Gasteiger charge is -2.04. The smallest absolute Gasteiger partial charge is 0.269 e. The Morgan fingerprint density at radius 2 is 2.40 bits per heavy atom. The third-order valence-electron chi connectivity index (χ3n) is 2.39. The minimum absolute atomic E-state index is 0.0843. The highest BCUT2D eigenvalue weighted by molar-refractivity contribution is 5.91. The molecule has 0 aromatic carbocycles. The fourth-order valence-electron chi connectivity index (χ4n) is 1.36. The van der Waals surface area contributed by atoms with E-state index in [4.69, 9.17) is 0 Å². The number of imidazole rings is 1. The number of nitrogens with zero attached hydrogens (tertiary/aromatic N) is 1. The minimum atomic E-state index is -0.0843. The summed E-state index contributed by atoms with van der Waals surface area (Å²) in [4.78, 5) is 18.0. The molecule has 2 rings (SSSR count). The van der Waals surface area contributed by atoms with Gasteiger partial charge < -0.3 is 15.6 Å². The normalized spacial score (nSPS) is 15.2. The van der Waals surface area contributed by atoms with Crippen molar-refractivity contribution in [3.05, 3.63) is 18.2 Å². The molecule has 82 valence electrons. The van der Waals surface area contributed by atoms with Gasteiger partial charge in [-0.15, -0.1) is 0 Å². The van der Waals surface area contributed by atoms with E-state index in [2.05, 4.69) is 20.6 Å². The Bertz CT molecular complexity index is 305. The third kappa shape index (κ3) is 3.36. The Balaban J connectivity index is 1.55. The second-order valence-corrected chi connectivity index (χ2v) is 3.80. The number of aromatic amines is 1. The largest absolute Gasteiger partial charge is 0.351 e. The Morgan fingerprint density at radius 1 is 1.53 bits per heavy atom. The zero-order chi connectivity index (χ0) is 10.5. The number of rotatable bonds is 6. The van der Waals surface area contributed by atoms with Gasteiger partial charge in [-0.3, -0.25) is 4.79 Å². The molecular formula is C10H16N4O. The maximum absolute atomic E-state index is 11.4. The van der Waals surface area contributed by atoms with E-state index < -0.39 is 0 Å². The van der Waals surface area contributed by atoms with Crippen LogP contribution in [0.5, 0.6) is 0 Å². The summed E-state index contributed by atoms with van der Waals surface area (Å²) >= 11 is 0. The zero-order valence-corrected chi connectivity index (χ0v) is 8.62. The summed E-state index contributed by atoms with van der Waals surface area (Å²) in [5, 5.41) is 6.22. The van der Waals surface area contributed by atoms with Crippen LogP contribution in [-0.2, 0) is 0 Å². The molecule has 3 N–H and O–H groups in total. The minimum Gasteiger partial charge on any atom is -0.351 e. The first-order valence-corrected chi connectivity index (χ1v) is 5.36. The first kappa shape index (κ1) is 10.2. The molecule has 5 nitrogen and oxygen atoms in total. The van der Waals surface area contributed by atoms with Crippen LogP contribution in [0.15, 0.2) is 12.5 Å². The van der Waals surface area contributed by atoms with E-state index >= 15 is 0 Å². The number of carbonyl (C=O) groups is 1. The van der Waals surface area contributed by atoms with E-state index in [1.807, 2.05) is 0 Å². The fourth-order valence-corrected chi connectivity index (χ4v) is 1.36. The van der Waals surface area contributed by atoms with Gasteiger partial charge >= 0.3 is 0 Å². The van der Waals surface area contributed by atoms with Gasteiger partial charge in [0, 0.05) is 12.6 Å². The van der Waals surface area contributed by atoms with E-state index in [-0.39, 0.29) is 5.91 Å². The standard InChI is InChI=1S/C10H16N4O/c15-10(9-6-11-7-14-9)13-5-1-4-12-8-2-3-8/h6-8,12H,1-5H2,(H,11,14)(H,13,15). The average Bonchev–Trinajstić information content (AvgIpc) is 2.90. The van der Waals surface area contributed by atoms with E-state index in [0.717, 1.165) is 19.0 Å². The first-order chi connectivity index (χ1) is 7.36. The van der Waals surface area contributed by atoms with Crippen molar-refractivity contribution in [3.8, 4) is 0 Å². The van der Waals surface area contributed by atoms with Crippen molar-refractivity contribution in [3.63, 3.8) is 0 Å². The van der Waals surface area contributed by atoms with Crippen molar-refractivity contribution in [2.45, 2.75) is 25.3 Å². The van der Waals surface area contributed by atoms with Crippen LogP contribution in [0.25, 0.3) is 0 Å². The summed E-state index contributed by atoms with van der Waals surface area (Å²) in [5.41, 5.74) is 0.519. The number of carbonyl (C=O) groups excluding carboxylic acids is 1. The summed E-state index contributed by atoms with van der Waals surface area (Å²) in [5.74, 6) is -0.0843. The van der Waals surface area contributed by atoms with Crippen molar-refractivity contribution in [2.24, 2.45) is 0 Å². The summed E-state index contributed by atoms with van der Waals surface area (Å²) in [6.45, 7) is 1.69. The van der Waals surface area contributed by atoms with Gasteiger partial charge in [-0.25, -0.2) is 4.98 Å². The highest BCUT2D eigenvalue weighted by atomic mass is 16.1. The summed E-state index contributed by atoms with van der Waals surface area (Å²) < 4.78 is 0. The highest BCUT2D eigenvalue weighted by Gasteiger charge is 2.19. The van der Waals surface area contributed by atoms with Crippen LogP contribution < -0.4 is 10.6 Å². The fraction of sp³-hybridized carbons (Fsp3) is 0.600. The lowest BCUT2D eigenvalue weighted by atomic mass is 10.4. The summed E-state index contributed by atoms with van der Waals surface area (Å²) in [6.07, 6.45) is 6.61. The molecule has 0 spiro atoms. The number of hydrogen-bond acceptors (Lipinski definition) is 3. The van der Waals surface area contributed by atoms with Crippen molar-refractivity contribution >= 4 is 5.91 Å². The van der Waals surface area contributed by atoms with Gasteiger partial charge in [0.2, 0.25) is 0 Å². The number of amides is 1. The van der Waals surface area contributed by atoms with E-state index in [0.29, 0.717) is 12.2 Å². The predicted molar refractivity (Wildman–Crippen MR) is 56.6 cm³/mol. The SMILES string of the molecule is O=C(NCCCNC1CC1)c1cnc[nH]1. The Morgan fingerprint density at radius 3 is 3.07 bits per heavy atom. The third-order valence-corrected chi connectivity index (χ3v) is 2.39. The van der Waals surface area contributed by atoms with Crippen molar-refractivity contribution in [1.82, 2.24) is 20.6 Å². The number of nitrogens with one attached hydrogen (secondary N) is 3. The van der Waals surface area contributed by atoms with E-state index in [1.165, 1.54) is 25.4 Å². The Kier molecular flexibility index (Phi) is 3.34. The van der Waals surface area contributed by atoms with Crippen LogP contribution in [0.3, 0.4) is 0 Å². The molecule has 0 aliphatic heterocycles. The number of aromatic nitrogens is 2. The second-order valence-electron chi connectivity index (χ2n) is 3.80. The van der Waals surface area contributed by atoms with Gasteiger partial charge in [-0.1, -0.05) is 0 Å². The van der Waals surface area contributed by atoms with E-state index in [9.17, 15) is 4.79 Å². The maximum atomic E-state index is 11.4. The molecule has 0 bridgehead atoms. The molecule has 1 amide bonds. The molecule has 0 radical (unpaired) electrons. The predicted octanol–water partition coefficient (Wildman–Crippen LogP) is 0.282. The van der Waals surface area contributed by atoms with Crippen LogP contribution in [0.1, 0.15) is 29.8 Å². The lowest BCUT2D eigenvalue weighted by Crippen LogP contribution is -2.28. The van der Waals surface area contributed by atoms with Gasteiger partial charge in [0.15, 0.2) is 0 Å². The van der Waals surface area contributed by atoms with Crippen LogP contribution in [0.4, 0.5) is 0 Å². The molecule has 1 heterocycles. The molecule has 0 atom stereocenters. The first-order valence-electron chi connectivity index (χ1n) is 5.36. The summed E-state index contributed by atoms with van der Waals surface area (Å²) in [7, 11) is 0. The van der Waals surface area contributed by atoms with Gasteiger partial charge in [-0.2, -0.15) is 0 Å². The molecule has 0 saturated heterocycles. The van der Waals surface area contributed by atoms with Gasteiger partial charge in [0.25, 0.3) is 5.91 Å². The van der Waals surface area contributed by atoms with Crippen molar-refractivity contribution in [2.75, 3.05) is 13.1 Å². The molecule has 5 heteroatoms. The number of hydrogen-bond donors (Lipinski definition) is 3. The number of H-pyrrole nitrogens is 1. The Hall–Kier alpha value is -1.36. The molecule has 1 fully saturated rings. The molecule has 1 aliphatic carbocycles. The van der Waals surface area contributed by atoms with Gasteiger partial charge in [0.05, 0.1) is 12.5 Å². The molecular weight excluding hydrogens is 192 g/mol. The molecule has 15 heavy (non-hydrogen) atoms. The maximum Gasteiger partial charge on any atom is 0.269 e. The average molecular weight is 208 g/mol. The van der Waals surface area contributed by atoms with Gasteiger partial charge in [0.1, 0.15) is 5.69 Å². The summed E-state index contributed by atoms with van der Waals surface area (Å²) in [6, 6.07) is 0.744. The van der Waals surface area contributed by atoms with Crippen LogP contribution in [-0.4, -0.2) is 35.0 Å². The van der Waals surface area contributed by atoms with Gasteiger partial charge in [-0.05, 0) is 25.8 Å². The molecule has 1 aromatic heterocycles. The van der Waals surface area contributed by atoms with Crippen molar-refractivity contribution in [1.29, 1.82) is 0 Å². The Labute approximate surface area is 88.7 Å². The highest BCUT2D eigenvalue weighted by Crippen LogP contribution is 2.18. The molecule has 0 unspecified atom stereocenters. The van der Waals surface area contributed by atoms with Crippen LogP contribution >= 0.6 is 0 Å².